The molecule has 0 bridgehead atoms. The van der Waals surface area contributed by atoms with Crippen LogP contribution in [0.1, 0.15) is 33.5 Å². The number of aromatic nitrogens is 3. The predicted molar refractivity (Wildman–Crippen MR) is 110 cm³/mol. The smallest absolute Gasteiger partial charge is 0.265 e. The molecular weight excluding hydrogens is 398 g/mol. The predicted octanol–water partition coefficient (Wildman–Crippen LogP) is 1.94. The Labute approximate surface area is 171 Å². The van der Waals surface area contributed by atoms with E-state index in [1.807, 2.05) is 13.8 Å². The van der Waals surface area contributed by atoms with Crippen LogP contribution in [-0.4, -0.2) is 51.1 Å². The molecule has 2 amide bonds. The van der Waals surface area contributed by atoms with Crippen molar-refractivity contribution in [1.29, 1.82) is 0 Å². The lowest BCUT2D eigenvalue weighted by atomic mass is 10.1. The van der Waals surface area contributed by atoms with Crippen LogP contribution in [0, 0.1) is 19.8 Å². The van der Waals surface area contributed by atoms with Crippen molar-refractivity contribution in [2.75, 3.05) is 25.2 Å². The van der Waals surface area contributed by atoms with Crippen LogP contribution < -0.4 is 10.9 Å². The summed E-state index contributed by atoms with van der Waals surface area (Å²) in [6.45, 7) is 5.81. The molecule has 1 aliphatic rings. The largest absolute Gasteiger partial charge is 0.344 e. The molecule has 0 fully saturated rings. The Hall–Kier alpha value is -2.20. The maximum atomic E-state index is 12.7. The lowest BCUT2D eigenvalue weighted by Gasteiger charge is -2.24. The van der Waals surface area contributed by atoms with Crippen molar-refractivity contribution in [1.82, 2.24) is 19.4 Å². The van der Waals surface area contributed by atoms with Crippen LogP contribution in [0.25, 0.3) is 0 Å². The summed E-state index contributed by atoms with van der Waals surface area (Å²) < 4.78 is 1.60. The fourth-order valence-corrected chi connectivity index (χ4v) is 5.13. The molecule has 3 heterocycles. The number of fused-ring (bicyclic) bond motifs is 1. The molecule has 28 heavy (non-hydrogen) atoms. The minimum atomic E-state index is -0.374. The lowest BCUT2D eigenvalue weighted by molar-refractivity contribution is -0.119. The number of hydrogen-bond acceptors (Lipinski definition) is 7. The Morgan fingerprint density at radius 1 is 1.25 bits per heavy atom. The summed E-state index contributed by atoms with van der Waals surface area (Å²) in [7, 11) is 3.35. The van der Waals surface area contributed by atoms with Gasteiger partial charge in [0.2, 0.25) is 5.91 Å². The number of thioether (sulfide) groups is 1. The second-order valence-electron chi connectivity index (χ2n) is 6.86. The Morgan fingerprint density at radius 3 is 2.61 bits per heavy atom. The van der Waals surface area contributed by atoms with Gasteiger partial charge in [0.1, 0.15) is 4.88 Å². The van der Waals surface area contributed by atoms with E-state index in [0.29, 0.717) is 45.1 Å². The third kappa shape index (κ3) is 3.83. The summed E-state index contributed by atoms with van der Waals surface area (Å²) in [5, 5.41) is 3.86. The molecule has 0 aromatic carbocycles. The van der Waals surface area contributed by atoms with Crippen molar-refractivity contribution in [3.63, 3.8) is 0 Å². The van der Waals surface area contributed by atoms with Gasteiger partial charge in [-0.25, -0.2) is 9.97 Å². The number of anilines is 1. The second-order valence-corrected chi connectivity index (χ2v) is 8.84. The van der Waals surface area contributed by atoms with E-state index in [1.165, 1.54) is 16.7 Å². The van der Waals surface area contributed by atoms with Crippen LogP contribution in [0.4, 0.5) is 5.13 Å². The summed E-state index contributed by atoms with van der Waals surface area (Å²) in [5.74, 6) is -0.183. The van der Waals surface area contributed by atoms with E-state index < -0.39 is 0 Å². The highest BCUT2D eigenvalue weighted by Crippen LogP contribution is 2.28. The van der Waals surface area contributed by atoms with Gasteiger partial charge in [-0.3, -0.25) is 19.0 Å². The third-order valence-electron chi connectivity index (χ3n) is 4.60. The summed E-state index contributed by atoms with van der Waals surface area (Å²) >= 11 is 2.58. The maximum absolute atomic E-state index is 12.7. The number of nitrogens with zero attached hydrogens (tertiary/aromatic N) is 4. The third-order valence-corrected chi connectivity index (χ3v) is 6.80. The van der Waals surface area contributed by atoms with Crippen LogP contribution in [0.15, 0.2) is 9.95 Å². The van der Waals surface area contributed by atoms with Gasteiger partial charge in [0.15, 0.2) is 10.3 Å². The Kier molecular flexibility index (Phi) is 5.90. The molecule has 2 aromatic heterocycles. The number of hydrogen-bond donors (Lipinski definition) is 1. The van der Waals surface area contributed by atoms with Crippen molar-refractivity contribution >= 4 is 40.0 Å². The van der Waals surface area contributed by atoms with Gasteiger partial charge in [-0.05, 0) is 20.3 Å². The molecule has 0 spiro atoms. The van der Waals surface area contributed by atoms with Gasteiger partial charge < -0.3 is 10.2 Å². The number of thiazole rings is 1. The standard InChI is InChI=1S/C18H23N5O3S2/c1-6-12-9(2)20-18-23(15(12)25)7-11(8-27-18)14(24)21-17-19-10(3)13(28-17)16(26)22(4)5/h11H,6-8H2,1-5H3,(H,19,21,24). The minimum absolute atomic E-state index is 0.0704. The SMILES string of the molecule is CCc1c(C)nc2n(c1=O)CC(C(=O)Nc1nc(C)c(C(=O)N(C)C)s1)CS2. The highest BCUT2D eigenvalue weighted by atomic mass is 32.2. The molecule has 0 radical (unpaired) electrons. The zero-order valence-corrected chi connectivity index (χ0v) is 18.2. The molecule has 1 atom stereocenters. The van der Waals surface area contributed by atoms with E-state index in [-0.39, 0.29) is 23.3 Å². The van der Waals surface area contributed by atoms with Gasteiger partial charge >= 0.3 is 0 Å². The molecule has 0 saturated heterocycles. The van der Waals surface area contributed by atoms with Crippen LogP contribution in [0.5, 0.6) is 0 Å². The first-order valence-corrected chi connectivity index (χ1v) is 10.8. The van der Waals surface area contributed by atoms with Crippen LogP contribution in [-0.2, 0) is 17.8 Å². The molecular formula is C18H23N5O3S2. The van der Waals surface area contributed by atoms with E-state index in [0.717, 1.165) is 17.0 Å². The van der Waals surface area contributed by atoms with E-state index in [9.17, 15) is 14.4 Å². The molecule has 2 aromatic rings. The number of rotatable bonds is 4. The fourth-order valence-electron chi connectivity index (χ4n) is 3.02. The van der Waals surface area contributed by atoms with E-state index in [4.69, 9.17) is 0 Å². The molecule has 150 valence electrons. The summed E-state index contributed by atoms with van der Waals surface area (Å²) in [4.78, 5) is 48.4. The fraction of sp³-hybridized carbons (Fsp3) is 0.500. The molecule has 1 unspecified atom stereocenters. The van der Waals surface area contributed by atoms with Crippen molar-refractivity contribution < 1.29 is 9.59 Å². The highest BCUT2D eigenvalue weighted by Gasteiger charge is 2.29. The number of amides is 2. The van der Waals surface area contributed by atoms with Crippen LogP contribution >= 0.6 is 23.1 Å². The van der Waals surface area contributed by atoms with Gasteiger partial charge in [-0.15, -0.1) is 0 Å². The first kappa shape index (κ1) is 20.5. The number of nitrogens with one attached hydrogen (secondary N) is 1. The molecule has 1 N–H and O–H groups in total. The van der Waals surface area contributed by atoms with Crippen LogP contribution in [0.2, 0.25) is 0 Å². The average Bonchev–Trinajstić information content (AvgIpc) is 3.01. The number of carbonyl (C=O) groups is 2. The Balaban J connectivity index is 1.78. The molecule has 8 nitrogen and oxygen atoms in total. The number of aryl methyl sites for hydroxylation is 2. The minimum Gasteiger partial charge on any atom is -0.344 e. The molecule has 0 saturated carbocycles. The normalized spacial score (nSPS) is 15.8. The van der Waals surface area contributed by atoms with Crippen LogP contribution in [0.3, 0.4) is 0 Å². The molecule has 3 rings (SSSR count). The molecule has 10 heteroatoms. The maximum Gasteiger partial charge on any atom is 0.265 e. The van der Waals surface area contributed by atoms with E-state index in [2.05, 4.69) is 15.3 Å². The summed E-state index contributed by atoms with van der Waals surface area (Å²) in [6, 6.07) is 0. The summed E-state index contributed by atoms with van der Waals surface area (Å²) in [6.07, 6.45) is 0.612. The second kappa shape index (κ2) is 8.04. The van der Waals surface area contributed by atoms with Crippen molar-refractivity contribution in [3.8, 4) is 0 Å². The van der Waals surface area contributed by atoms with Gasteiger partial charge in [0.25, 0.3) is 11.5 Å². The summed E-state index contributed by atoms with van der Waals surface area (Å²) in [5.41, 5.74) is 1.96. The van der Waals surface area contributed by atoms with E-state index in [1.54, 1.807) is 25.6 Å². The topological polar surface area (TPSA) is 97.2 Å². The molecule has 0 aliphatic carbocycles. The van der Waals surface area contributed by atoms with E-state index >= 15 is 0 Å². The number of carbonyl (C=O) groups excluding carboxylic acids is 2. The zero-order valence-electron chi connectivity index (χ0n) is 16.5. The van der Waals surface area contributed by atoms with Crippen molar-refractivity contribution in [3.05, 3.63) is 32.2 Å². The molecule has 1 aliphatic heterocycles. The van der Waals surface area contributed by atoms with Gasteiger partial charge in [0.05, 0.1) is 11.6 Å². The first-order chi connectivity index (χ1) is 13.2. The van der Waals surface area contributed by atoms with Gasteiger partial charge in [-0.2, -0.15) is 0 Å². The Morgan fingerprint density at radius 2 is 1.96 bits per heavy atom. The zero-order chi connectivity index (χ0) is 20.6. The Bertz CT molecular complexity index is 996. The van der Waals surface area contributed by atoms with Crippen molar-refractivity contribution in [2.24, 2.45) is 5.92 Å². The quantitative estimate of drug-likeness (QED) is 0.758. The lowest BCUT2D eigenvalue weighted by Crippen LogP contribution is -2.38. The van der Waals surface area contributed by atoms with Crippen molar-refractivity contribution in [2.45, 2.75) is 38.9 Å². The van der Waals surface area contributed by atoms with Gasteiger partial charge in [-0.1, -0.05) is 30.0 Å². The highest BCUT2D eigenvalue weighted by molar-refractivity contribution is 7.99. The van der Waals surface area contributed by atoms with Gasteiger partial charge in [0, 0.05) is 37.7 Å². The average molecular weight is 422 g/mol. The monoisotopic (exact) mass is 421 g/mol. The first-order valence-electron chi connectivity index (χ1n) is 8.96.